The maximum Gasteiger partial charge on any atom is 0.387 e. The molecule has 0 aliphatic heterocycles. The van der Waals surface area contributed by atoms with Gasteiger partial charge in [-0.25, -0.2) is 0 Å². The third-order valence-electron chi connectivity index (χ3n) is 2.60. The molecule has 1 rings (SSSR count). The minimum Gasteiger partial charge on any atom is -0.493 e. The first-order chi connectivity index (χ1) is 9.42. The van der Waals surface area contributed by atoms with E-state index >= 15 is 0 Å². The van der Waals surface area contributed by atoms with Gasteiger partial charge in [0.25, 0.3) is 0 Å². The first kappa shape index (κ1) is 16.2. The molecule has 5 nitrogen and oxygen atoms in total. The zero-order valence-electron chi connectivity index (χ0n) is 11.3. The van der Waals surface area contributed by atoms with Gasteiger partial charge in [-0.05, 0) is 24.7 Å². The Kier molecular flexibility index (Phi) is 6.17. The number of ether oxygens (including phenoxy) is 2. The molecule has 112 valence electrons. The summed E-state index contributed by atoms with van der Waals surface area (Å²) in [6, 6.07) is 4.64. The summed E-state index contributed by atoms with van der Waals surface area (Å²) in [5, 5.41) is 8.60. The Hall–Kier alpha value is -1.89. The minimum absolute atomic E-state index is 0.0283. The van der Waals surface area contributed by atoms with Crippen LogP contribution in [0.5, 0.6) is 11.5 Å². The Morgan fingerprint density at radius 1 is 1.40 bits per heavy atom. The molecule has 0 heterocycles. The van der Waals surface area contributed by atoms with Gasteiger partial charge >= 0.3 is 12.6 Å². The zero-order valence-corrected chi connectivity index (χ0v) is 11.3. The van der Waals surface area contributed by atoms with E-state index in [0.29, 0.717) is 13.1 Å². The summed E-state index contributed by atoms with van der Waals surface area (Å²) in [7, 11) is 3.14. The second kappa shape index (κ2) is 7.64. The number of hydrogen-bond acceptors (Lipinski definition) is 4. The van der Waals surface area contributed by atoms with Crippen molar-refractivity contribution in [3.63, 3.8) is 0 Å². The zero-order chi connectivity index (χ0) is 15.1. The first-order valence-electron chi connectivity index (χ1n) is 5.94. The van der Waals surface area contributed by atoms with Gasteiger partial charge in [0.2, 0.25) is 0 Å². The number of hydrogen-bond donors (Lipinski definition) is 1. The molecule has 0 aromatic heterocycles. The van der Waals surface area contributed by atoms with Crippen LogP contribution in [0.2, 0.25) is 0 Å². The molecule has 1 N–H and O–H groups in total. The molecule has 0 spiro atoms. The van der Waals surface area contributed by atoms with Crippen LogP contribution in [-0.2, 0) is 11.3 Å². The summed E-state index contributed by atoms with van der Waals surface area (Å²) in [5.41, 5.74) is 0.816. The van der Waals surface area contributed by atoms with Crippen molar-refractivity contribution >= 4 is 5.97 Å². The molecule has 1 aromatic rings. The lowest BCUT2D eigenvalue weighted by Crippen LogP contribution is -2.21. The van der Waals surface area contributed by atoms with Crippen molar-refractivity contribution < 1.29 is 28.2 Å². The Balaban J connectivity index is 2.69. The summed E-state index contributed by atoms with van der Waals surface area (Å²) >= 11 is 0. The standard InChI is InChI=1S/C13H17F2NO4/c1-16(6-5-12(17)18)8-9-3-4-10(20-13(14)15)11(7-9)19-2/h3-4,7,13H,5-6,8H2,1-2H3,(H,17,18). The molecule has 20 heavy (non-hydrogen) atoms. The molecule has 0 radical (unpaired) electrons. The van der Waals surface area contributed by atoms with E-state index in [1.165, 1.54) is 13.2 Å². The fraction of sp³-hybridized carbons (Fsp3) is 0.462. The van der Waals surface area contributed by atoms with Gasteiger partial charge in [0, 0.05) is 13.1 Å². The number of carbonyl (C=O) groups is 1. The van der Waals surface area contributed by atoms with Crippen molar-refractivity contribution in [1.29, 1.82) is 0 Å². The van der Waals surface area contributed by atoms with Crippen LogP contribution in [0.3, 0.4) is 0 Å². The number of benzene rings is 1. The average molecular weight is 289 g/mol. The average Bonchev–Trinajstić information content (AvgIpc) is 2.37. The molecular weight excluding hydrogens is 272 g/mol. The van der Waals surface area contributed by atoms with Crippen LogP contribution in [0.15, 0.2) is 18.2 Å². The summed E-state index contributed by atoms with van der Waals surface area (Å²) < 4.78 is 33.7. The normalized spacial score (nSPS) is 10.9. The molecule has 0 amide bonds. The SMILES string of the molecule is COc1cc(CN(C)CCC(=O)O)ccc1OC(F)F. The number of carboxylic acids is 1. The maximum atomic E-state index is 12.2. The molecule has 0 atom stereocenters. The van der Waals surface area contributed by atoms with Crippen LogP contribution in [0.25, 0.3) is 0 Å². The predicted octanol–water partition coefficient (Wildman–Crippen LogP) is 2.20. The number of aliphatic carboxylic acids is 1. The molecule has 0 fully saturated rings. The van der Waals surface area contributed by atoms with E-state index in [1.54, 1.807) is 19.2 Å². The van der Waals surface area contributed by atoms with Crippen molar-refractivity contribution in [2.45, 2.75) is 19.6 Å². The van der Waals surface area contributed by atoms with Gasteiger partial charge in [-0.2, -0.15) is 8.78 Å². The van der Waals surface area contributed by atoms with Gasteiger partial charge in [0.1, 0.15) is 0 Å². The van der Waals surface area contributed by atoms with Crippen LogP contribution < -0.4 is 9.47 Å². The van der Waals surface area contributed by atoms with Gasteiger partial charge in [-0.3, -0.25) is 4.79 Å². The topological polar surface area (TPSA) is 59.0 Å². The summed E-state index contributed by atoms with van der Waals surface area (Å²) in [4.78, 5) is 12.3. The van der Waals surface area contributed by atoms with E-state index in [1.807, 2.05) is 4.90 Å². The molecule has 7 heteroatoms. The Labute approximate surface area is 115 Å². The summed E-state index contributed by atoms with van der Waals surface area (Å²) in [6.07, 6.45) is 0.0419. The minimum atomic E-state index is -2.91. The van der Waals surface area contributed by atoms with Crippen molar-refractivity contribution in [1.82, 2.24) is 4.90 Å². The summed E-state index contributed by atoms with van der Waals surface area (Å²) in [6.45, 7) is -2.03. The largest absolute Gasteiger partial charge is 0.493 e. The third-order valence-corrected chi connectivity index (χ3v) is 2.60. The van der Waals surface area contributed by atoms with Crippen LogP contribution in [0.4, 0.5) is 8.78 Å². The number of halogens is 2. The maximum absolute atomic E-state index is 12.2. The van der Waals surface area contributed by atoms with E-state index in [0.717, 1.165) is 5.56 Å². The van der Waals surface area contributed by atoms with Gasteiger partial charge in [0.05, 0.1) is 13.5 Å². The highest BCUT2D eigenvalue weighted by Gasteiger charge is 2.12. The van der Waals surface area contributed by atoms with Crippen LogP contribution in [0, 0.1) is 0 Å². The quantitative estimate of drug-likeness (QED) is 0.795. The van der Waals surface area contributed by atoms with E-state index in [-0.39, 0.29) is 17.9 Å². The lowest BCUT2D eigenvalue weighted by molar-refractivity contribution is -0.137. The van der Waals surface area contributed by atoms with Gasteiger partial charge in [-0.1, -0.05) is 6.07 Å². The molecule has 1 aromatic carbocycles. The molecule has 0 saturated carbocycles. The Morgan fingerprint density at radius 2 is 2.10 bits per heavy atom. The highest BCUT2D eigenvalue weighted by Crippen LogP contribution is 2.29. The van der Waals surface area contributed by atoms with Crippen molar-refractivity contribution in [2.75, 3.05) is 20.7 Å². The molecule has 0 aliphatic carbocycles. The van der Waals surface area contributed by atoms with E-state index < -0.39 is 12.6 Å². The highest BCUT2D eigenvalue weighted by molar-refractivity contribution is 5.66. The highest BCUT2D eigenvalue weighted by atomic mass is 19.3. The van der Waals surface area contributed by atoms with E-state index in [2.05, 4.69) is 4.74 Å². The predicted molar refractivity (Wildman–Crippen MR) is 68.2 cm³/mol. The molecule has 0 unspecified atom stereocenters. The van der Waals surface area contributed by atoms with Crippen LogP contribution in [-0.4, -0.2) is 43.3 Å². The smallest absolute Gasteiger partial charge is 0.387 e. The lowest BCUT2D eigenvalue weighted by Gasteiger charge is -2.17. The van der Waals surface area contributed by atoms with Crippen molar-refractivity contribution in [2.24, 2.45) is 0 Å². The molecule has 0 bridgehead atoms. The number of nitrogens with zero attached hydrogens (tertiary/aromatic N) is 1. The van der Waals surface area contributed by atoms with Crippen LogP contribution in [0.1, 0.15) is 12.0 Å². The fourth-order valence-electron chi connectivity index (χ4n) is 1.68. The van der Waals surface area contributed by atoms with Gasteiger partial charge < -0.3 is 19.5 Å². The number of alkyl halides is 2. The fourth-order valence-corrected chi connectivity index (χ4v) is 1.68. The Bertz CT molecular complexity index is 454. The molecular formula is C13H17F2NO4. The number of methoxy groups -OCH3 is 1. The monoisotopic (exact) mass is 289 g/mol. The van der Waals surface area contributed by atoms with E-state index in [4.69, 9.17) is 9.84 Å². The molecule has 0 saturated heterocycles. The molecule has 0 aliphatic rings. The van der Waals surface area contributed by atoms with Crippen LogP contribution >= 0.6 is 0 Å². The second-order valence-corrected chi connectivity index (χ2v) is 4.25. The second-order valence-electron chi connectivity index (χ2n) is 4.25. The van der Waals surface area contributed by atoms with Gasteiger partial charge in [-0.15, -0.1) is 0 Å². The number of rotatable bonds is 8. The van der Waals surface area contributed by atoms with Crippen molar-refractivity contribution in [3.8, 4) is 11.5 Å². The number of carboxylic acid groups (broad SMARTS) is 1. The van der Waals surface area contributed by atoms with E-state index in [9.17, 15) is 13.6 Å². The van der Waals surface area contributed by atoms with Gasteiger partial charge in [0.15, 0.2) is 11.5 Å². The van der Waals surface area contributed by atoms with Crippen molar-refractivity contribution in [3.05, 3.63) is 23.8 Å². The third kappa shape index (κ3) is 5.40. The Morgan fingerprint density at radius 3 is 2.65 bits per heavy atom. The lowest BCUT2D eigenvalue weighted by atomic mass is 10.2. The first-order valence-corrected chi connectivity index (χ1v) is 5.94. The summed E-state index contributed by atoms with van der Waals surface area (Å²) in [5.74, 6) is -0.677.